The summed E-state index contributed by atoms with van der Waals surface area (Å²) in [5.41, 5.74) is 7.56. The van der Waals surface area contributed by atoms with Crippen molar-refractivity contribution in [2.75, 3.05) is 12.5 Å². The fourth-order valence-electron chi connectivity index (χ4n) is 2.57. The zero-order valence-electron chi connectivity index (χ0n) is 13.6. The Labute approximate surface area is 136 Å². The van der Waals surface area contributed by atoms with Crippen molar-refractivity contribution in [3.63, 3.8) is 0 Å². The number of aryl methyl sites for hydroxylation is 2. The van der Waals surface area contributed by atoms with E-state index >= 15 is 0 Å². The molecular weight excluding hydrogens is 284 g/mol. The Morgan fingerprint density at radius 2 is 1.78 bits per heavy atom. The van der Waals surface area contributed by atoms with Crippen molar-refractivity contribution in [3.05, 3.63) is 71.3 Å². The van der Waals surface area contributed by atoms with Gasteiger partial charge in [-0.1, -0.05) is 36.4 Å². The number of methoxy groups -OCH3 is 1. The molecule has 3 heteroatoms. The molecule has 23 heavy (non-hydrogen) atoms. The molecule has 0 radical (unpaired) electrons. The van der Waals surface area contributed by atoms with Gasteiger partial charge in [0.2, 0.25) is 0 Å². The summed E-state index contributed by atoms with van der Waals surface area (Å²) in [5, 5.41) is 6.68. The van der Waals surface area contributed by atoms with E-state index in [1.54, 1.807) is 7.11 Å². The van der Waals surface area contributed by atoms with Gasteiger partial charge in [-0.05, 0) is 53.9 Å². The van der Waals surface area contributed by atoms with Crippen molar-refractivity contribution in [1.82, 2.24) is 0 Å². The number of nitrogens with one attached hydrogen (secondary N) is 1. The summed E-state index contributed by atoms with van der Waals surface area (Å²) in [6.45, 7) is 4.20. The predicted octanol–water partition coefficient (Wildman–Crippen LogP) is 4.91. The minimum Gasteiger partial charge on any atom is -0.496 e. The van der Waals surface area contributed by atoms with Crippen molar-refractivity contribution in [2.45, 2.75) is 13.8 Å². The molecule has 0 fully saturated rings. The molecule has 0 bridgehead atoms. The summed E-state index contributed by atoms with van der Waals surface area (Å²) in [4.78, 5) is 0. The summed E-state index contributed by atoms with van der Waals surface area (Å²) in [7, 11) is 1.68. The van der Waals surface area contributed by atoms with Crippen LogP contribution in [-0.4, -0.2) is 13.3 Å². The molecule has 0 aliphatic heterocycles. The van der Waals surface area contributed by atoms with Gasteiger partial charge in [-0.25, -0.2) is 0 Å². The Bertz CT molecular complexity index is 869. The molecule has 0 unspecified atom stereocenters. The summed E-state index contributed by atoms with van der Waals surface area (Å²) >= 11 is 0. The highest BCUT2D eigenvalue weighted by Crippen LogP contribution is 2.26. The highest BCUT2D eigenvalue weighted by atomic mass is 16.5. The highest BCUT2D eigenvalue weighted by Gasteiger charge is 2.05. The fourth-order valence-corrected chi connectivity index (χ4v) is 2.57. The third-order valence-electron chi connectivity index (χ3n) is 4.04. The average molecular weight is 304 g/mol. The zero-order valence-corrected chi connectivity index (χ0v) is 13.6. The fraction of sp³-hybridized carbons (Fsp3) is 0.150. The van der Waals surface area contributed by atoms with E-state index in [9.17, 15) is 0 Å². The van der Waals surface area contributed by atoms with E-state index in [2.05, 4.69) is 54.7 Å². The van der Waals surface area contributed by atoms with Gasteiger partial charge in [0, 0.05) is 5.56 Å². The van der Waals surface area contributed by atoms with Gasteiger partial charge in [-0.3, -0.25) is 5.43 Å². The summed E-state index contributed by atoms with van der Waals surface area (Å²) in [5.74, 6) is 0.814. The zero-order chi connectivity index (χ0) is 16.2. The first-order chi connectivity index (χ1) is 11.2. The third-order valence-corrected chi connectivity index (χ3v) is 4.04. The van der Waals surface area contributed by atoms with Crippen molar-refractivity contribution in [1.29, 1.82) is 0 Å². The molecule has 0 atom stereocenters. The van der Waals surface area contributed by atoms with Crippen LogP contribution >= 0.6 is 0 Å². The Morgan fingerprint density at radius 3 is 2.57 bits per heavy atom. The largest absolute Gasteiger partial charge is 0.496 e. The van der Waals surface area contributed by atoms with Gasteiger partial charge in [-0.2, -0.15) is 5.10 Å². The van der Waals surface area contributed by atoms with Gasteiger partial charge >= 0.3 is 0 Å². The van der Waals surface area contributed by atoms with E-state index in [0.717, 1.165) is 22.4 Å². The van der Waals surface area contributed by atoms with Crippen LogP contribution < -0.4 is 10.2 Å². The number of rotatable bonds is 4. The first kappa shape index (κ1) is 15.1. The number of anilines is 1. The van der Waals surface area contributed by atoms with Gasteiger partial charge in [-0.15, -0.1) is 0 Å². The Morgan fingerprint density at radius 1 is 0.957 bits per heavy atom. The number of hydrazone groups is 1. The Balaban J connectivity index is 1.92. The molecule has 0 aliphatic rings. The number of hydrogen-bond donors (Lipinski definition) is 1. The minimum atomic E-state index is 0.814. The lowest BCUT2D eigenvalue weighted by atomic mass is 10.0. The SMILES string of the molecule is COc1ccc2ccccc2c1/C=N/Nc1ccc(C)c(C)c1. The number of benzene rings is 3. The Hall–Kier alpha value is -2.81. The maximum absolute atomic E-state index is 5.47. The molecule has 0 spiro atoms. The van der Waals surface area contributed by atoms with E-state index in [4.69, 9.17) is 4.74 Å². The lowest BCUT2D eigenvalue weighted by molar-refractivity contribution is 0.415. The summed E-state index contributed by atoms with van der Waals surface area (Å²) in [6, 6.07) is 18.5. The number of fused-ring (bicyclic) bond motifs is 1. The van der Waals surface area contributed by atoms with Crippen LogP contribution in [0.5, 0.6) is 5.75 Å². The molecular formula is C20H20N2O. The van der Waals surface area contributed by atoms with Gasteiger partial charge < -0.3 is 4.74 Å². The van der Waals surface area contributed by atoms with Crippen LogP contribution in [0.25, 0.3) is 10.8 Å². The maximum Gasteiger partial charge on any atom is 0.128 e. The highest BCUT2D eigenvalue weighted by molar-refractivity contribution is 6.02. The molecule has 0 aliphatic carbocycles. The van der Waals surface area contributed by atoms with Gasteiger partial charge in [0.05, 0.1) is 19.0 Å². The first-order valence-electron chi connectivity index (χ1n) is 7.61. The van der Waals surface area contributed by atoms with Crippen LogP contribution in [-0.2, 0) is 0 Å². The number of hydrogen-bond acceptors (Lipinski definition) is 3. The minimum absolute atomic E-state index is 0.814. The molecule has 116 valence electrons. The third kappa shape index (κ3) is 3.19. The summed E-state index contributed by atoms with van der Waals surface area (Å²) in [6.07, 6.45) is 1.82. The predicted molar refractivity (Wildman–Crippen MR) is 97.6 cm³/mol. The second-order valence-electron chi connectivity index (χ2n) is 5.57. The van der Waals surface area contributed by atoms with E-state index < -0.39 is 0 Å². The van der Waals surface area contributed by atoms with Gasteiger partial charge in [0.15, 0.2) is 0 Å². The van der Waals surface area contributed by atoms with E-state index in [1.807, 2.05) is 30.5 Å². The van der Waals surface area contributed by atoms with Crippen molar-refractivity contribution < 1.29 is 4.74 Å². The number of nitrogens with zero attached hydrogens (tertiary/aromatic N) is 1. The molecule has 3 rings (SSSR count). The van der Waals surface area contributed by atoms with Crippen LogP contribution in [0.4, 0.5) is 5.69 Å². The van der Waals surface area contributed by atoms with E-state index in [0.29, 0.717) is 0 Å². The first-order valence-corrected chi connectivity index (χ1v) is 7.61. The molecule has 0 saturated heterocycles. The van der Waals surface area contributed by atoms with Gasteiger partial charge in [0.25, 0.3) is 0 Å². The quantitative estimate of drug-likeness (QED) is 0.549. The van der Waals surface area contributed by atoms with Crippen molar-refractivity contribution in [2.24, 2.45) is 5.10 Å². The van der Waals surface area contributed by atoms with Crippen LogP contribution in [0.3, 0.4) is 0 Å². The molecule has 3 aromatic carbocycles. The lowest BCUT2D eigenvalue weighted by Crippen LogP contribution is -1.96. The maximum atomic E-state index is 5.47. The van der Waals surface area contributed by atoms with Crippen LogP contribution in [0, 0.1) is 13.8 Å². The Kier molecular flexibility index (Phi) is 4.29. The molecule has 0 saturated carbocycles. The summed E-state index contributed by atoms with van der Waals surface area (Å²) < 4.78 is 5.47. The molecule has 0 aromatic heterocycles. The molecule has 3 aromatic rings. The average Bonchev–Trinajstić information content (AvgIpc) is 2.58. The second kappa shape index (κ2) is 6.53. The molecule has 0 amide bonds. The van der Waals surface area contributed by atoms with Crippen molar-refractivity contribution >= 4 is 22.7 Å². The smallest absolute Gasteiger partial charge is 0.128 e. The van der Waals surface area contributed by atoms with Crippen LogP contribution in [0.1, 0.15) is 16.7 Å². The standard InChI is InChI=1S/C20H20N2O/c1-14-8-10-17(12-15(14)2)22-21-13-19-18-7-5-4-6-16(18)9-11-20(19)23-3/h4-13,22H,1-3H3/b21-13+. The lowest BCUT2D eigenvalue weighted by Gasteiger charge is -2.09. The van der Waals surface area contributed by atoms with Crippen molar-refractivity contribution in [3.8, 4) is 5.75 Å². The molecule has 3 nitrogen and oxygen atoms in total. The normalized spacial score (nSPS) is 11.1. The molecule has 1 N–H and O–H groups in total. The topological polar surface area (TPSA) is 33.6 Å². The van der Waals surface area contributed by atoms with Crippen LogP contribution in [0.2, 0.25) is 0 Å². The monoisotopic (exact) mass is 304 g/mol. The van der Waals surface area contributed by atoms with E-state index in [1.165, 1.54) is 16.5 Å². The van der Waals surface area contributed by atoms with Crippen LogP contribution in [0.15, 0.2) is 59.7 Å². The second-order valence-corrected chi connectivity index (χ2v) is 5.57. The van der Waals surface area contributed by atoms with E-state index in [-0.39, 0.29) is 0 Å². The van der Waals surface area contributed by atoms with Gasteiger partial charge in [0.1, 0.15) is 5.75 Å². The number of ether oxygens (including phenoxy) is 1. The molecule has 0 heterocycles.